The molecule has 4 heteroatoms. The molecule has 23 heavy (non-hydrogen) atoms. The number of benzene rings is 2. The van der Waals surface area contributed by atoms with Crippen LogP contribution in [-0.4, -0.2) is 5.78 Å². The molecule has 0 aliphatic carbocycles. The molecular formula is C19H11FO2S. The Hall–Kier alpha value is -2.59. The number of Topliss-reactive ketones (excluding diaryl/α,β-unsaturated/α-hetero) is 1. The monoisotopic (exact) mass is 322 g/mol. The Kier molecular flexibility index (Phi) is 3.39. The Labute approximate surface area is 136 Å². The van der Waals surface area contributed by atoms with Crippen LogP contribution >= 0.6 is 11.8 Å². The van der Waals surface area contributed by atoms with Gasteiger partial charge in [-0.05, 0) is 54.6 Å². The zero-order valence-electron chi connectivity index (χ0n) is 12.0. The molecule has 1 aliphatic heterocycles. The van der Waals surface area contributed by atoms with E-state index in [4.69, 9.17) is 4.42 Å². The summed E-state index contributed by atoms with van der Waals surface area (Å²) in [5, 5.41) is 0. The molecule has 0 saturated heterocycles. The second-order valence-corrected chi connectivity index (χ2v) is 6.23. The fourth-order valence-electron chi connectivity index (χ4n) is 2.46. The van der Waals surface area contributed by atoms with Crippen molar-refractivity contribution in [2.45, 2.75) is 4.90 Å². The molecule has 3 aromatic rings. The fraction of sp³-hybridized carbons (Fsp3) is 0. The lowest BCUT2D eigenvalue weighted by atomic mass is 10.1. The van der Waals surface area contributed by atoms with Crippen LogP contribution < -0.4 is 0 Å². The minimum Gasteiger partial charge on any atom is -0.457 e. The van der Waals surface area contributed by atoms with E-state index in [2.05, 4.69) is 0 Å². The van der Waals surface area contributed by atoms with Gasteiger partial charge in [0.25, 0.3) is 0 Å². The molecule has 2 aromatic carbocycles. The van der Waals surface area contributed by atoms with Gasteiger partial charge in [0.1, 0.15) is 17.3 Å². The Bertz CT molecular complexity index is 923. The number of thioether (sulfide) groups is 1. The zero-order chi connectivity index (χ0) is 15.8. The van der Waals surface area contributed by atoms with Crippen LogP contribution in [-0.2, 0) is 0 Å². The van der Waals surface area contributed by atoms with Crippen molar-refractivity contribution in [2.24, 2.45) is 0 Å². The minimum absolute atomic E-state index is 0.0188. The standard InChI is InChI=1S/C19H11FO2S/c20-13-7-5-12(6-8-13)16-10-9-14(22-16)11-18-19(21)15-3-1-2-4-17(15)23-18/h1-11H/b18-11-. The van der Waals surface area contributed by atoms with E-state index in [1.54, 1.807) is 18.2 Å². The number of halogens is 1. The molecule has 4 rings (SSSR count). The van der Waals surface area contributed by atoms with Crippen LogP contribution in [0.1, 0.15) is 16.1 Å². The molecule has 0 atom stereocenters. The van der Waals surface area contributed by atoms with Crippen LogP contribution in [0.5, 0.6) is 0 Å². The summed E-state index contributed by atoms with van der Waals surface area (Å²) in [5.41, 5.74) is 1.53. The van der Waals surface area contributed by atoms with Crippen LogP contribution in [0.15, 0.2) is 74.9 Å². The SMILES string of the molecule is O=C1/C(=C/c2ccc(-c3ccc(F)cc3)o2)Sc2ccccc21. The molecule has 0 saturated carbocycles. The Morgan fingerprint density at radius 2 is 1.74 bits per heavy atom. The van der Waals surface area contributed by atoms with Crippen molar-refractivity contribution in [3.63, 3.8) is 0 Å². The average Bonchev–Trinajstić information content (AvgIpc) is 3.15. The van der Waals surface area contributed by atoms with Crippen molar-refractivity contribution in [3.05, 3.63) is 82.7 Å². The van der Waals surface area contributed by atoms with Crippen molar-refractivity contribution >= 4 is 23.6 Å². The van der Waals surface area contributed by atoms with E-state index in [0.717, 1.165) is 16.0 Å². The minimum atomic E-state index is -0.284. The summed E-state index contributed by atoms with van der Waals surface area (Å²) in [5.74, 6) is 0.983. The van der Waals surface area contributed by atoms with Gasteiger partial charge in [0.15, 0.2) is 0 Å². The largest absolute Gasteiger partial charge is 0.457 e. The van der Waals surface area contributed by atoms with E-state index < -0.39 is 0 Å². The second-order valence-electron chi connectivity index (χ2n) is 5.14. The van der Waals surface area contributed by atoms with Gasteiger partial charge in [-0.25, -0.2) is 4.39 Å². The van der Waals surface area contributed by atoms with Gasteiger partial charge in [-0.2, -0.15) is 0 Å². The maximum absolute atomic E-state index is 13.0. The highest BCUT2D eigenvalue weighted by molar-refractivity contribution is 8.04. The summed E-state index contributed by atoms with van der Waals surface area (Å²) in [6.07, 6.45) is 1.75. The number of fused-ring (bicyclic) bond motifs is 1. The predicted octanol–water partition coefficient (Wildman–Crippen LogP) is 5.42. The quantitative estimate of drug-likeness (QED) is 0.591. The third-order valence-corrected chi connectivity index (χ3v) is 4.70. The molecule has 0 amide bonds. The van der Waals surface area contributed by atoms with Gasteiger partial charge in [0.2, 0.25) is 5.78 Å². The lowest BCUT2D eigenvalue weighted by Crippen LogP contribution is -1.93. The van der Waals surface area contributed by atoms with Crippen molar-refractivity contribution in [3.8, 4) is 11.3 Å². The van der Waals surface area contributed by atoms with Crippen LogP contribution in [0.4, 0.5) is 4.39 Å². The van der Waals surface area contributed by atoms with E-state index in [1.165, 1.54) is 23.9 Å². The van der Waals surface area contributed by atoms with Gasteiger partial charge in [-0.15, -0.1) is 0 Å². The third-order valence-electron chi connectivity index (χ3n) is 3.60. The molecule has 1 aromatic heterocycles. The molecule has 2 heterocycles. The number of hydrogen-bond acceptors (Lipinski definition) is 3. The van der Waals surface area contributed by atoms with Gasteiger partial charge in [-0.3, -0.25) is 4.79 Å². The average molecular weight is 322 g/mol. The molecule has 0 radical (unpaired) electrons. The molecule has 0 unspecified atom stereocenters. The highest BCUT2D eigenvalue weighted by Gasteiger charge is 2.25. The van der Waals surface area contributed by atoms with E-state index in [9.17, 15) is 9.18 Å². The van der Waals surface area contributed by atoms with E-state index >= 15 is 0 Å². The Morgan fingerprint density at radius 3 is 2.52 bits per heavy atom. The first kappa shape index (κ1) is 14.0. The lowest BCUT2D eigenvalue weighted by molar-refractivity contribution is 0.104. The summed E-state index contributed by atoms with van der Waals surface area (Å²) < 4.78 is 18.7. The molecule has 0 bridgehead atoms. The number of allylic oxidation sites excluding steroid dienone is 1. The van der Waals surface area contributed by atoms with Gasteiger partial charge >= 0.3 is 0 Å². The highest BCUT2D eigenvalue weighted by atomic mass is 32.2. The first-order valence-corrected chi connectivity index (χ1v) is 7.91. The summed E-state index contributed by atoms with van der Waals surface area (Å²) >= 11 is 1.45. The zero-order valence-corrected chi connectivity index (χ0v) is 12.8. The summed E-state index contributed by atoms with van der Waals surface area (Å²) in [4.78, 5) is 14.0. The number of ketones is 1. The molecule has 2 nitrogen and oxygen atoms in total. The summed E-state index contributed by atoms with van der Waals surface area (Å²) in [7, 11) is 0. The summed E-state index contributed by atoms with van der Waals surface area (Å²) in [6, 6.07) is 17.3. The van der Waals surface area contributed by atoms with E-state index in [0.29, 0.717) is 16.4 Å². The van der Waals surface area contributed by atoms with E-state index in [1.807, 2.05) is 36.4 Å². The number of rotatable bonds is 2. The Balaban J connectivity index is 1.64. The number of hydrogen-bond donors (Lipinski definition) is 0. The van der Waals surface area contributed by atoms with Gasteiger partial charge in [0.05, 0.1) is 4.91 Å². The molecule has 0 fully saturated rings. The Morgan fingerprint density at radius 1 is 0.957 bits per heavy atom. The summed E-state index contributed by atoms with van der Waals surface area (Å²) in [6.45, 7) is 0. The second kappa shape index (κ2) is 5.56. The predicted molar refractivity (Wildman–Crippen MR) is 88.7 cm³/mol. The first-order chi connectivity index (χ1) is 11.2. The van der Waals surface area contributed by atoms with Crippen LogP contribution in [0, 0.1) is 5.82 Å². The van der Waals surface area contributed by atoms with Crippen molar-refractivity contribution in [2.75, 3.05) is 0 Å². The number of carbonyl (C=O) groups is 1. The maximum Gasteiger partial charge on any atom is 0.200 e. The topological polar surface area (TPSA) is 30.2 Å². The first-order valence-electron chi connectivity index (χ1n) is 7.10. The van der Waals surface area contributed by atoms with E-state index in [-0.39, 0.29) is 11.6 Å². The number of furan rings is 1. The normalized spacial score (nSPS) is 15.2. The van der Waals surface area contributed by atoms with Crippen molar-refractivity contribution in [1.29, 1.82) is 0 Å². The molecular weight excluding hydrogens is 311 g/mol. The van der Waals surface area contributed by atoms with Crippen LogP contribution in [0.3, 0.4) is 0 Å². The van der Waals surface area contributed by atoms with Gasteiger partial charge in [0, 0.05) is 16.0 Å². The molecule has 112 valence electrons. The van der Waals surface area contributed by atoms with Crippen LogP contribution in [0.2, 0.25) is 0 Å². The lowest BCUT2D eigenvalue weighted by Gasteiger charge is -1.96. The highest BCUT2D eigenvalue weighted by Crippen LogP contribution is 2.40. The molecule has 0 spiro atoms. The third kappa shape index (κ3) is 2.62. The fourth-order valence-corrected chi connectivity index (χ4v) is 3.50. The van der Waals surface area contributed by atoms with Crippen molar-refractivity contribution in [1.82, 2.24) is 0 Å². The van der Waals surface area contributed by atoms with Gasteiger partial charge in [-0.1, -0.05) is 23.9 Å². The number of carbonyl (C=O) groups excluding carboxylic acids is 1. The smallest absolute Gasteiger partial charge is 0.200 e. The maximum atomic E-state index is 13.0. The van der Waals surface area contributed by atoms with Gasteiger partial charge < -0.3 is 4.42 Å². The van der Waals surface area contributed by atoms with Crippen molar-refractivity contribution < 1.29 is 13.6 Å². The van der Waals surface area contributed by atoms with Crippen LogP contribution in [0.25, 0.3) is 17.4 Å². The molecule has 0 N–H and O–H groups in total. The molecule has 1 aliphatic rings.